The van der Waals surface area contributed by atoms with Gasteiger partial charge in [0.1, 0.15) is 11.3 Å². The second-order valence-corrected chi connectivity index (χ2v) is 9.45. The highest BCUT2D eigenvalue weighted by atomic mass is 32.2. The predicted octanol–water partition coefficient (Wildman–Crippen LogP) is 4.38. The number of thioether (sulfide) groups is 1. The second-order valence-electron chi connectivity index (χ2n) is 8.51. The maximum Gasteiger partial charge on any atom is 0.232 e. The number of carbonyl (C=O) groups is 1. The number of furan rings is 1. The summed E-state index contributed by atoms with van der Waals surface area (Å²) in [6.07, 6.45) is 0.938. The molecule has 1 atom stereocenters. The van der Waals surface area contributed by atoms with E-state index in [2.05, 4.69) is 45.5 Å². The lowest BCUT2D eigenvalue weighted by molar-refractivity contribution is -0.119. The minimum atomic E-state index is -0.237. The molecule has 1 saturated heterocycles. The van der Waals surface area contributed by atoms with Crippen molar-refractivity contribution >= 4 is 34.6 Å². The van der Waals surface area contributed by atoms with Crippen LogP contribution in [0.25, 0.3) is 16.7 Å². The van der Waals surface area contributed by atoms with E-state index in [0.717, 1.165) is 47.9 Å². The topological polar surface area (TPSA) is 85.4 Å². The summed E-state index contributed by atoms with van der Waals surface area (Å²) >= 11 is 1.38. The van der Waals surface area contributed by atoms with Crippen LogP contribution in [0, 0.1) is 0 Å². The van der Waals surface area contributed by atoms with Crippen molar-refractivity contribution in [3.8, 4) is 5.69 Å². The molecular formula is C26H29N5O3S. The zero-order chi connectivity index (χ0) is 24.2. The Balaban J connectivity index is 1.32. The fraction of sp³-hybridized carbons (Fsp3) is 0.346. The number of nitrogens with one attached hydrogen (secondary N) is 1. The van der Waals surface area contributed by atoms with Gasteiger partial charge in [-0.1, -0.05) is 49.0 Å². The molecule has 9 heteroatoms. The van der Waals surface area contributed by atoms with Crippen LogP contribution in [0.4, 0.5) is 5.95 Å². The number of hydrogen-bond donors (Lipinski definition) is 1. The van der Waals surface area contributed by atoms with E-state index >= 15 is 0 Å². The highest BCUT2D eigenvalue weighted by molar-refractivity contribution is 7.99. The lowest BCUT2D eigenvalue weighted by Crippen LogP contribution is -2.37. The quantitative estimate of drug-likeness (QED) is 0.366. The number of benzene rings is 2. The number of nitrogens with zero attached hydrogens (tertiary/aromatic N) is 4. The minimum absolute atomic E-state index is 0.0901. The Labute approximate surface area is 208 Å². The summed E-state index contributed by atoms with van der Waals surface area (Å²) in [5.41, 5.74) is 3.04. The Morgan fingerprint density at radius 3 is 2.74 bits per heavy atom. The van der Waals surface area contributed by atoms with E-state index in [9.17, 15) is 4.79 Å². The second kappa shape index (κ2) is 10.5. The van der Waals surface area contributed by atoms with Gasteiger partial charge in [-0.3, -0.25) is 9.36 Å². The van der Waals surface area contributed by atoms with E-state index in [1.165, 1.54) is 17.3 Å². The van der Waals surface area contributed by atoms with Crippen molar-refractivity contribution in [2.24, 2.45) is 0 Å². The van der Waals surface area contributed by atoms with Gasteiger partial charge in [0.05, 0.1) is 30.7 Å². The maximum atomic E-state index is 12.8. The number of amides is 1. The molecule has 3 heterocycles. The molecule has 0 saturated carbocycles. The largest absolute Gasteiger partial charge is 0.459 e. The van der Waals surface area contributed by atoms with Crippen molar-refractivity contribution in [2.75, 3.05) is 37.0 Å². The Kier molecular flexibility index (Phi) is 7.06. The molecule has 1 fully saturated rings. The number of hydrogen-bond acceptors (Lipinski definition) is 7. The summed E-state index contributed by atoms with van der Waals surface area (Å²) in [4.78, 5) is 15.0. The fourth-order valence-corrected chi connectivity index (χ4v) is 4.92. The summed E-state index contributed by atoms with van der Waals surface area (Å²) in [6.45, 7) is 6.89. The van der Waals surface area contributed by atoms with Crippen molar-refractivity contribution in [3.05, 3.63) is 65.9 Å². The smallest absolute Gasteiger partial charge is 0.232 e. The normalized spacial score (nSPS) is 14.9. The van der Waals surface area contributed by atoms with E-state index in [-0.39, 0.29) is 17.7 Å². The molecule has 5 rings (SSSR count). The lowest BCUT2D eigenvalue weighted by Gasteiger charge is -2.28. The lowest BCUT2D eigenvalue weighted by atomic mass is 10.1. The molecule has 1 N–H and O–H groups in total. The molecule has 8 nitrogen and oxygen atoms in total. The third-order valence-corrected chi connectivity index (χ3v) is 7.00. The van der Waals surface area contributed by atoms with Gasteiger partial charge in [-0.05, 0) is 43.2 Å². The molecule has 0 radical (unpaired) electrons. The van der Waals surface area contributed by atoms with Crippen molar-refractivity contribution in [2.45, 2.75) is 31.5 Å². The Hall–Kier alpha value is -3.30. The first kappa shape index (κ1) is 23.4. The molecule has 182 valence electrons. The van der Waals surface area contributed by atoms with Crippen LogP contribution in [0.5, 0.6) is 0 Å². The van der Waals surface area contributed by atoms with Crippen LogP contribution < -0.4 is 10.2 Å². The number of carbonyl (C=O) groups excluding carboxylic acids is 1. The van der Waals surface area contributed by atoms with Gasteiger partial charge >= 0.3 is 0 Å². The molecular weight excluding hydrogens is 462 g/mol. The molecule has 35 heavy (non-hydrogen) atoms. The average Bonchev–Trinajstić information content (AvgIpc) is 3.52. The molecule has 0 spiro atoms. The van der Waals surface area contributed by atoms with E-state index in [1.807, 2.05) is 47.9 Å². The average molecular weight is 492 g/mol. The van der Waals surface area contributed by atoms with E-state index in [0.29, 0.717) is 18.4 Å². The molecule has 0 unspecified atom stereocenters. The standard InChI is InChI=1S/C26H29N5O3S/c1-3-19-7-6-9-21(15-19)31-25(30-11-13-33-14-12-30)28-29-26(31)35-17-24(32)27-18(2)23-16-20-8-4-5-10-22(20)34-23/h4-10,15-16,18H,3,11-14,17H2,1-2H3,(H,27,32)/t18-/m0/s1. The molecule has 0 bridgehead atoms. The maximum absolute atomic E-state index is 12.8. The molecule has 1 amide bonds. The molecule has 4 aromatic rings. The summed E-state index contributed by atoms with van der Waals surface area (Å²) < 4.78 is 13.5. The molecule has 1 aliphatic rings. The number of morpholine rings is 1. The Morgan fingerprint density at radius 2 is 1.94 bits per heavy atom. The van der Waals surface area contributed by atoms with Crippen molar-refractivity contribution < 1.29 is 13.9 Å². The van der Waals surface area contributed by atoms with E-state index in [1.54, 1.807) is 0 Å². The first-order valence-electron chi connectivity index (χ1n) is 11.9. The Morgan fingerprint density at radius 1 is 1.11 bits per heavy atom. The van der Waals surface area contributed by atoms with Gasteiger partial charge in [-0.2, -0.15) is 0 Å². The molecule has 2 aromatic carbocycles. The zero-order valence-corrected chi connectivity index (χ0v) is 20.8. The van der Waals surface area contributed by atoms with Gasteiger partial charge < -0.3 is 19.4 Å². The summed E-state index contributed by atoms with van der Waals surface area (Å²) in [5, 5.41) is 13.7. The molecule has 1 aliphatic heterocycles. The van der Waals surface area contributed by atoms with Gasteiger partial charge in [0.2, 0.25) is 11.9 Å². The van der Waals surface area contributed by atoms with Gasteiger partial charge in [-0.25, -0.2) is 0 Å². The number of aromatic nitrogens is 3. The molecule has 2 aromatic heterocycles. The molecule has 0 aliphatic carbocycles. The highest BCUT2D eigenvalue weighted by Crippen LogP contribution is 2.28. The minimum Gasteiger partial charge on any atom is -0.459 e. The van der Waals surface area contributed by atoms with Crippen LogP contribution in [0.15, 0.2) is 64.2 Å². The number of rotatable bonds is 8. The van der Waals surface area contributed by atoms with Crippen molar-refractivity contribution in [1.29, 1.82) is 0 Å². The number of aryl methyl sites for hydroxylation is 1. The van der Waals surface area contributed by atoms with Crippen LogP contribution >= 0.6 is 11.8 Å². The zero-order valence-electron chi connectivity index (χ0n) is 19.9. The third-order valence-electron chi connectivity index (χ3n) is 6.07. The number of anilines is 1. The van der Waals surface area contributed by atoms with Gasteiger partial charge in [-0.15, -0.1) is 10.2 Å². The fourth-order valence-electron chi connectivity index (χ4n) is 4.17. The van der Waals surface area contributed by atoms with Crippen LogP contribution in [-0.4, -0.2) is 52.7 Å². The van der Waals surface area contributed by atoms with Crippen molar-refractivity contribution in [3.63, 3.8) is 0 Å². The van der Waals surface area contributed by atoms with Crippen LogP contribution in [0.2, 0.25) is 0 Å². The van der Waals surface area contributed by atoms with Crippen LogP contribution in [0.3, 0.4) is 0 Å². The number of fused-ring (bicyclic) bond motifs is 1. The predicted molar refractivity (Wildman–Crippen MR) is 137 cm³/mol. The number of para-hydroxylation sites is 1. The van der Waals surface area contributed by atoms with Crippen LogP contribution in [0.1, 0.15) is 31.2 Å². The summed E-state index contributed by atoms with van der Waals surface area (Å²) in [5.74, 6) is 1.64. The summed E-state index contributed by atoms with van der Waals surface area (Å²) in [6, 6.07) is 17.9. The SMILES string of the molecule is CCc1cccc(-n2c(SCC(=O)N[C@@H](C)c3cc4ccccc4o3)nnc2N2CCOCC2)c1. The van der Waals surface area contributed by atoms with Gasteiger partial charge in [0, 0.05) is 18.5 Å². The first-order chi connectivity index (χ1) is 17.1. The van der Waals surface area contributed by atoms with Crippen molar-refractivity contribution in [1.82, 2.24) is 20.1 Å². The van der Waals surface area contributed by atoms with Gasteiger partial charge in [0.15, 0.2) is 5.16 Å². The van der Waals surface area contributed by atoms with E-state index in [4.69, 9.17) is 9.15 Å². The van der Waals surface area contributed by atoms with Crippen LogP contribution in [-0.2, 0) is 16.0 Å². The first-order valence-corrected chi connectivity index (χ1v) is 12.9. The number of ether oxygens (including phenoxy) is 1. The highest BCUT2D eigenvalue weighted by Gasteiger charge is 2.23. The Bertz CT molecular complexity index is 1280. The third kappa shape index (κ3) is 5.21. The summed E-state index contributed by atoms with van der Waals surface area (Å²) in [7, 11) is 0. The van der Waals surface area contributed by atoms with E-state index < -0.39 is 0 Å². The monoisotopic (exact) mass is 491 g/mol. The van der Waals surface area contributed by atoms with Gasteiger partial charge in [0.25, 0.3) is 0 Å².